The molecule has 28 heavy (non-hydrogen) atoms. The van der Waals surface area contributed by atoms with Crippen molar-refractivity contribution in [3.8, 4) is 0 Å². The highest BCUT2D eigenvalue weighted by molar-refractivity contribution is 7.13. The van der Waals surface area contributed by atoms with Crippen molar-refractivity contribution >= 4 is 33.3 Å². The molecule has 7 nitrogen and oxygen atoms in total. The summed E-state index contributed by atoms with van der Waals surface area (Å²) < 4.78 is 1.41. The molecular weight excluding hydrogens is 374 g/mol. The van der Waals surface area contributed by atoms with E-state index in [0.717, 1.165) is 35.9 Å². The summed E-state index contributed by atoms with van der Waals surface area (Å²) in [4.78, 5) is 38.6. The van der Waals surface area contributed by atoms with Crippen LogP contribution in [0.3, 0.4) is 0 Å². The number of carbonyl (C=O) groups is 1. The molecule has 1 aliphatic rings. The largest absolute Gasteiger partial charge is 0.346 e. The Labute approximate surface area is 167 Å². The third-order valence-corrected chi connectivity index (χ3v) is 6.11. The molecule has 3 aromatic rings. The monoisotopic (exact) mass is 397 g/mol. The van der Waals surface area contributed by atoms with Gasteiger partial charge in [0.05, 0.1) is 22.9 Å². The minimum Gasteiger partial charge on any atom is -0.346 e. The Bertz CT molecular complexity index is 1070. The predicted molar refractivity (Wildman–Crippen MR) is 111 cm³/mol. The summed E-state index contributed by atoms with van der Waals surface area (Å²) in [6.07, 6.45) is 2.37. The van der Waals surface area contributed by atoms with Gasteiger partial charge in [0, 0.05) is 31.6 Å². The Hall–Kier alpha value is -2.74. The number of benzene rings is 1. The van der Waals surface area contributed by atoms with E-state index in [2.05, 4.69) is 14.9 Å². The molecule has 0 bridgehead atoms. The summed E-state index contributed by atoms with van der Waals surface area (Å²) in [5, 5.41) is 3.61. The van der Waals surface area contributed by atoms with Crippen molar-refractivity contribution in [2.24, 2.45) is 0 Å². The molecule has 1 saturated heterocycles. The molecule has 3 heterocycles. The van der Waals surface area contributed by atoms with Crippen molar-refractivity contribution in [1.29, 1.82) is 0 Å². The third kappa shape index (κ3) is 3.64. The molecule has 0 atom stereocenters. The molecular formula is C20H23N5O2S. The Morgan fingerprint density at radius 2 is 2.04 bits per heavy atom. The number of hydrogen-bond donors (Lipinski definition) is 0. The molecule has 1 fully saturated rings. The van der Waals surface area contributed by atoms with Gasteiger partial charge in [0.1, 0.15) is 6.54 Å². The number of aryl methyl sites for hydroxylation is 2. The number of nitrogens with zero attached hydrogens (tertiary/aromatic N) is 5. The van der Waals surface area contributed by atoms with Crippen LogP contribution < -0.4 is 10.5 Å². The zero-order valence-corrected chi connectivity index (χ0v) is 16.9. The summed E-state index contributed by atoms with van der Waals surface area (Å²) in [5.41, 5.74) is 2.51. The first-order valence-corrected chi connectivity index (χ1v) is 10.3. The van der Waals surface area contributed by atoms with Gasteiger partial charge in [-0.25, -0.2) is 9.97 Å². The van der Waals surface area contributed by atoms with E-state index in [9.17, 15) is 9.59 Å². The minimum atomic E-state index is -0.170. The number of hydrogen-bond acceptors (Lipinski definition) is 6. The van der Waals surface area contributed by atoms with Crippen LogP contribution in [-0.2, 0) is 11.3 Å². The Morgan fingerprint density at radius 1 is 1.18 bits per heavy atom. The molecule has 2 aromatic heterocycles. The van der Waals surface area contributed by atoms with Gasteiger partial charge in [-0.3, -0.25) is 14.2 Å². The van der Waals surface area contributed by atoms with E-state index in [1.807, 2.05) is 36.3 Å². The highest BCUT2D eigenvalue weighted by atomic mass is 32.1. The SMILES string of the molecule is Cc1csc(N2CCCN(C(=O)Cn3cnc4c(C)cccc4c3=O)CC2)n1. The quantitative estimate of drug-likeness (QED) is 0.678. The molecule has 0 aliphatic carbocycles. The Balaban J connectivity index is 1.47. The first kappa shape index (κ1) is 18.6. The number of para-hydroxylation sites is 1. The molecule has 0 saturated carbocycles. The lowest BCUT2D eigenvalue weighted by atomic mass is 10.1. The zero-order chi connectivity index (χ0) is 19.7. The van der Waals surface area contributed by atoms with Crippen molar-refractivity contribution in [2.45, 2.75) is 26.8 Å². The molecule has 0 N–H and O–H groups in total. The van der Waals surface area contributed by atoms with Crippen molar-refractivity contribution < 1.29 is 4.79 Å². The topological polar surface area (TPSA) is 71.3 Å². The van der Waals surface area contributed by atoms with Crippen LogP contribution in [0.15, 0.2) is 34.7 Å². The fourth-order valence-corrected chi connectivity index (χ4v) is 4.40. The lowest BCUT2D eigenvalue weighted by Crippen LogP contribution is -2.39. The number of amides is 1. The molecule has 0 unspecified atom stereocenters. The van der Waals surface area contributed by atoms with Crippen LogP contribution in [-0.4, -0.2) is 51.5 Å². The maximum Gasteiger partial charge on any atom is 0.261 e. The van der Waals surface area contributed by atoms with Crippen LogP contribution in [0.25, 0.3) is 10.9 Å². The third-order valence-electron chi connectivity index (χ3n) is 5.09. The number of anilines is 1. The molecule has 1 aromatic carbocycles. The number of thiazole rings is 1. The lowest BCUT2D eigenvalue weighted by molar-refractivity contribution is -0.131. The second-order valence-corrected chi connectivity index (χ2v) is 7.98. The van der Waals surface area contributed by atoms with Gasteiger partial charge in [-0.1, -0.05) is 12.1 Å². The first-order chi connectivity index (χ1) is 13.5. The smallest absolute Gasteiger partial charge is 0.261 e. The summed E-state index contributed by atoms with van der Waals surface area (Å²) in [6.45, 7) is 6.89. The summed E-state index contributed by atoms with van der Waals surface area (Å²) in [5.74, 6) is -0.0481. The molecule has 146 valence electrons. The van der Waals surface area contributed by atoms with E-state index >= 15 is 0 Å². The van der Waals surface area contributed by atoms with Crippen LogP contribution in [0.1, 0.15) is 17.7 Å². The van der Waals surface area contributed by atoms with Gasteiger partial charge in [0.2, 0.25) is 5.91 Å². The van der Waals surface area contributed by atoms with Crippen LogP contribution >= 0.6 is 11.3 Å². The van der Waals surface area contributed by atoms with E-state index in [1.165, 1.54) is 10.9 Å². The van der Waals surface area contributed by atoms with Gasteiger partial charge in [-0.15, -0.1) is 11.3 Å². The van der Waals surface area contributed by atoms with Gasteiger partial charge >= 0.3 is 0 Å². The fourth-order valence-electron chi connectivity index (χ4n) is 3.54. The molecule has 0 spiro atoms. The van der Waals surface area contributed by atoms with Crippen molar-refractivity contribution in [2.75, 3.05) is 31.1 Å². The predicted octanol–water partition coefficient (Wildman–Crippen LogP) is 2.21. The number of carbonyl (C=O) groups excluding carboxylic acids is 1. The van der Waals surface area contributed by atoms with E-state index in [-0.39, 0.29) is 18.0 Å². The van der Waals surface area contributed by atoms with Crippen LogP contribution in [0.2, 0.25) is 0 Å². The maximum atomic E-state index is 12.8. The molecule has 8 heteroatoms. The van der Waals surface area contributed by atoms with E-state index in [0.29, 0.717) is 24.0 Å². The molecule has 1 amide bonds. The van der Waals surface area contributed by atoms with E-state index in [1.54, 1.807) is 17.4 Å². The average molecular weight is 398 g/mol. The average Bonchev–Trinajstić information content (AvgIpc) is 2.96. The Kier molecular flexibility index (Phi) is 5.13. The summed E-state index contributed by atoms with van der Waals surface area (Å²) >= 11 is 1.64. The maximum absolute atomic E-state index is 12.8. The summed E-state index contributed by atoms with van der Waals surface area (Å²) in [6, 6.07) is 5.53. The number of fused-ring (bicyclic) bond motifs is 1. The normalized spacial score (nSPS) is 15.1. The molecule has 4 rings (SSSR count). The first-order valence-electron chi connectivity index (χ1n) is 9.42. The number of aromatic nitrogens is 3. The van der Waals surface area contributed by atoms with E-state index in [4.69, 9.17) is 0 Å². The number of rotatable bonds is 3. The van der Waals surface area contributed by atoms with Crippen LogP contribution in [0.5, 0.6) is 0 Å². The molecule has 1 aliphatic heterocycles. The van der Waals surface area contributed by atoms with Crippen molar-refractivity contribution in [3.05, 3.63) is 51.5 Å². The standard InChI is InChI=1S/C20H23N5O2S/c1-14-5-3-6-16-18(14)21-13-25(19(16)27)11-17(26)23-7-4-8-24(10-9-23)20-22-15(2)12-28-20/h3,5-6,12-13H,4,7-11H2,1-2H3. The van der Waals surface area contributed by atoms with Crippen LogP contribution in [0, 0.1) is 13.8 Å². The van der Waals surface area contributed by atoms with Crippen molar-refractivity contribution in [3.63, 3.8) is 0 Å². The summed E-state index contributed by atoms with van der Waals surface area (Å²) in [7, 11) is 0. The van der Waals surface area contributed by atoms with Gasteiger partial charge in [0.25, 0.3) is 5.56 Å². The second kappa shape index (κ2) is 7.71. The van der Waals surface area contributed by atoms with Crippen molar-refractivity contribution in [1.82, 2.24) is 19.4 Å². The zero-order valence-electron chi connectivity index (χ0n) is 16.1. The van der Waals surface area contributed by atoms with E-state index < -0.39 is 0 Å². The van der Waals surface area contributed by atoms with Gasteiger partial charge < -0.3 is 9.80 Å². The highest BCUT2D eigenvalue weighted by Crippen LogP contribution is 2.21. The van der Waals surface area contributed by atoms with Gasteiger partial charge in [0.15, 0.2) is 5.13 Å². The lowest BCUT2D eigenvalue weighted by Gasteiger charge is -2.22. The van der Waals surface area contributed by atoms with Crippen LogP contribution in [0.4, 0.5) is 5.13 Å². The highest BCUT2D eigenvalue weighted by Gasteiger charge is 2.21. The van der Waals surface area contributed by atoms with Gasteiger partial charge in [-0.2, -0.15) is 0 Å². The molecule has 0 radical (unpaired) electrons. The fraction of sp³-hybridized carbons (Fsp3) is 0.400. The van der Waals surface area contributed by atoms with Gasteiger partial charge in [-0.05, 0) is 31.9 Å². The Morgan fingerprint density at radius 3 is 2.82 bits per heavy atom. The second-order valence-electron chi connectivity index (χ2n) is 7.14. The minimum absolute atomic E-state index is 0.0199.